The zero-order chi connectivity index (χ0) is 18.0. The van der Waals surface area contributed by atoms with Gasteiger partial charge in [0.15, 0.2) is 10.8 Å². The summed E-state index contributed by atoms with van der Waals surface area (Å²) in [6.45, 7) is 1.87. The Kier molecular flexibility index (Phi) is 4.49. The van der Waals surface area contributed by atoms with E-state index in [1.54, 1.807) is 18.2 Å². The number of aryl methyl sites for hydroxylation is 1. The minimum atomic E-state index is -4.49. The van der Waals surface area contributed by atoms with Crippen LogP contribution < -0.4 is 15.8 Å². The van der Waals surface area contributed by atoms with Crippen molar-refractivity contribution in [3.05, 3.63) is 53.0 Å². The Labute approximate surface area is 145 Å². The number of benzene rings is 1. The van der Waals surface area contributed by atoms with Crippen molar-refractivity contribution in [3.8, 4) is 11.6 Å². The average molecular weight is 366 g/mol. The minimum Gasteiger partial charge on any atom is -0.437 e. The number of aromatic nitrogens is 2. The smallest absolute Gasteiger partial charge is 0.434 e. The van der Waals surface area contributed by atoms with Gasteiger partial charge >= 0.3 is 6.18 Å². The second-order valence-electron chi connectivity index (χ2n) is 5.12. The maximum Gasteiger partial charge on any atom is 0.434 e. The highest BCUT2D eigenvalue weighted by atomic mass is 32.1. The minimum absolute atomic E-state index is 0.0773. The molecular formula is C16H13F3N4OS. The lowest BCUT2D eigenvalue weighted by atomic mass is 10.2. The number of alkyl halides is 3. The quantitative estimate of drug-likeness (QED) is 0.681. The normalized spacial score (nSPS) is 11.4. The van der Waals surface area contributed by atoms with Crippen molar-refractivity contribution in [1.29, 1.82) is 0 Å². The van der Waals surface area contributed by atoms with E-state index < -0.39 is 11.9 Å². The molecule has 2 aromatic heterocycles. The molecule has 0 saturated heterocycles. The van der Waals surface area contributed by atoms with Gasteiger partial charge in [-0.1, -0.05) is 18.2 Å². The predicted octanol–water partition coefficient (Wildman–Crippen LogP) is 4.98. The monoisotopic (exact) mass is 366 g/mol. The second-order valence-corrected chi connectivity index (χ2v) is 5.98. The number of hydrogen-bond acceptors (Lipinski definition) is 6. The topological polar surface area (TPSA) is 73.1 Å². The molecule has 2 heterocycles. The molecule has 0 atom stereocenters. The van der Waals surface area contributed by atoms with Gasteiger partial charge in [0, 0.05) is 5.38 Å². The molecule has 0 aliphatic rings. The van der Waals surface area contributed by atoms with Crippen LogP contribution in [-0.2, 0) is 6.18 Å². The largest absolute Gasteiger partial charge is 0.437 e. The molecule has 0 spiro atoms. The summed E-state index contributed by atoms with van der Waals surface area (Å²) in [4.78, 5) is 7.64. The number of ether oxygens (including phenoxy) is 1. The van der Waals surface area contributed by atoms with Gasteiger partial charge in [-0.25, -0.2) is 4.98 Å². The van der Waals surface area contributed by atoms with Crippen molar-refractivity contribution < 1.29 is 17.9 Å². The molecule has 0 bridgehead atoms. The molecule has 3 aromatic rings. The van der Waals surface area contributed by atoms with Crippen LogP contribution in [0.4, 0.5) is 29.8 Å². The van der Waals surface area contributed by atoms with Crippen LogP contribution in [0.1, 0.15) is 11.3 Å². The summed E-state index contributed by atoms with van der Waals surface area (Å²) in [5, 5.41) is 3.81. The Morgan fingerprint density at radius 3 is 2.56 bits per heavy atom. The van der Waals surface area contributed by atoms with Gasteiger partial charge in [-0.2, -0.15) is 18.2 Å². The lowest BCUT2D eigenvalue weighted by Gasteiger charge is -2.12. The number of para-hydroxylation sites is 1. The van der Waals surface area contributed by atoms with Gasteiger partial charge < -0.3 is 15.8 Å². The van der Waals surface area contributed by atoms with E-state index in [9.17, 15) is 13.2 Å². The lowest BCUT2D eigenvalue weighted by molar-refractivity contribution is -0.140. The van der Waals surface area contributed by atoms with Crippen molar-refractivity contribution in [1.82, 2.24) is 9.97 Å². The zero-order valence-electron chi connectivity index (χ0n) is 13.0. The molecular weight excluding hydrogens is 353 g/mol. The van der Waals surface area contributed by atoms with Crippen molar-refractivity contribution >= 4 is 28.0 Å². The molecule has 0 unspecified atom stereocenters. The molecule has 0 saturated carbocycles. The van der Waals surface area contributed by atoms with Crippen LogP contribution >= 0.6 is 11.3 Å². The fraction of sp³-hybridized carbons (Fsp3) is 0.125. The first-order valence-corrected chi connectivity index (χ1v) is 8.00. The summed E-state index contributed by atoms with van der Waals surface area (Å²) in [5.74, 6) is 0.945. The Morgan fingerprint density at radius 1 is 1.12 bits per heavy atom. The van der Waals surface area contributed by atoms with Crippen molar-refractivity contribution in [3.63, 3.8) is 0 Å². The highest BCUT2D eigenvalue weighted by Gasteiger charge is 2.33. The molecule has 3 N–H and O–H groups in total. The van der Waals surface area contributed by atoms with Crippen LogP contribution in [0.25, 0.3) is 0 Å². The van der Waals surface area contributed by atoms with Crippen LogP contribution in [0.3, 0.4) is 0 Å². The Morgan fingerprint density at radius 2 is 1.88 bits per heavy atom. The van der Waals surface area contributed by atoms with E-state index in [-0.39, 0.29) is 16.8 Å². The van der Waals surface area contributed by atoms with E-state index in [0.29, 0.717) is 11.4 Å². The maximum absolute atomic E-state index is 12.7. The van der Waals surface area contributed by atoms with E-state index in [4.69, 9.17) is 10.5 Å². The number of pyridine rings is 1. The summed E-state index contributed by atoms with van der Waals surface area (Å²) in [6.07, 6.45) is -4.49. The van der Waals surface area contributed by atoms with Crippen LogP contribution in [-0.4, -0.2) is 9.97 Å². The number of halogens is 3. The first-order chi connectivity index (χ1) is 11.8. The SMILES string of the molecule is Cc1ccccc1Oc1nc(N)ccc1Nc1nc(C(F)(F)F)cs1. The highest BCUT2D eigenvalue weighted by Crippen LogP contribution is 2.35. The average Bonchev–Trinajstić information content (AvgIpc) is 3.01. The summed E-state index contributed by atoms with van der Waals surface area (Å²) >= 11 is 0.837. The number of nitrogens with two attached hydrogens (primary N) is 1. The molecule has 130 valence electrons. The Hall–Kier alpha value is -2.81. The van der Waals surface area contributed by atoms with E-state index >= 15 is 0 Å². The summed E-state index contributed by atoms with van der Waals surface area (Å²) in [5.41, 5.74) is 5.98. The van der Waals surface area contributed by atoms with Crippen LogP contribution in [0, 0.1) is 6.92 Å². The molecule has 0 aliphatic carbocycles. The highest BCUT2D eigenvalue weighted by molar-refractivity contribution is 7.13. The molecule has 3 rings (SSSR count). The first kappa shape index (κ1) is 17.0. The summed E-state index contributed by atoms with van der Waals surface area (Å²) < 4.78 is 43.8. The Bertz CT molecular complexity index is 895. The van der Waals surface area contributed by atoms with E-state index in [2.05, 4.69) is 15.3 Å². The van der Waals surface area contributed by atoms with Crippen molar-refractivity contribution in [2.45, 2.75) is 13.1 Å². The lowest BCUT2D eigenvalue weighted by Crippen LogP contribution is -2.05. The molecule has 9 heteroatoms. The third kappa shape index (κ3) is 4.00. The molecule has 1 aromatic carbocycles. The molecule has 0 aliphatic heterocycles. The van der Waals surface area contributed by atoms with Gasteiger partial charge in [0.05, 0.1) is 0 Å². The number of anilines is 3. The zero-order valence-corrected chi connectivity index (χ0v) is 13.8. The second kappa shape index (κ2) is 6.60. The van der Waals surface area contributed by atoms with Crippen molar-refractivity contribution in [2.24, 2.45) is 0 Å². The number of rotatable bonds is 4. The van der Waals surface area contributed by atoms with Gasteiger partial charge in [-0.05, 0) is 30.7 Å². The number of hydrogen-bond donors (Lipinski definition) is 2. The van der Waals surface area contributed by atoms with Gasteiger partial charge in [0.1, 0.15) is 17.3 Å². The van der Waals surface area contributed by atoms with Gasteiger partial charge in [-0.3, -0.25) is 0 Å². The molecule has 0 amide bonds. The molecule has 0 fully saturated rings. The van der Waals surface area contributed by atoms with Crippen LogP contribution in [0.5, 0.6) is 11.6 Å². The van der Waals surface area contributed by atoms with Gasteiger partial charge in [-0.15, -0.1) is 11.3 Å². The number of nitrogens with one attached hydrogen (secondary N) is 1. The third-order valence-electron chi connectivity index (χ3n) is 3.22. The third-order valence-corrected chi connectivity index (χ3v) is 3.98. The molecule has 25 heavy (non-hydrogen) atoms. The fourth-order valence-electron chi connectivity index (χ4n) is 1.98. The summed E-state index contributed by atoms with van der Waals surface area (Å²) in [7, 11) is 0. The maximum atomic E-state index is 12.7. The summed E-state index contributed by atoms with van der Waals surface area (Å²) in [6, 6.07) is 10.4. The van der Waals surface area contributed by atoms with Crippen LogP contribution in [0.15, 0.2) is 41.8 Å². The van der Waals surface area contributed by atoms with Crippen molar-refractivity contribution in [2.75, 3.05) is 11.1 Å². The van der Waals surface area contributed by atoms with E-state index in [1.807, 2.05) is 19.1 Å². The van der Waals surface area contributed by atoms with E-state index in [1.165, 1.54) is 6.07 Å². The predicted molar refractivity (Wildman–Crippen MR) is 90.3 cm³/mol. The first-order valence-electron chi connectivity index (χ1n) is 7.12. The van der Waals surface area contributed by atoms with Gasteiger partial charge in [0.2, 0.25) is 5.88 Å². The molecule has 5 nitrogen and oxygen atoms in total. The van der Waals surface area contributed by atoms with Gasteiger partial charge in [0.25, 0.3) is 0 Å². The fourth-order valence-corrected chi connectivity index (χ4v) is 2.71. The van der Waals surface area contributed by atoms with E-state index in [0.717, 1.165) is 22.3 Å². The number of thiazole rings is 1. The molecule has 0 radical (unpaired) electrons. The number of nitrogen functional groups attached to an aromatic ring is 1. The standard InChI is InChI=1S/C16H13F3N4OS/c1-9-4-2-3-5-11(9)24-14-10(6-7-13(20)23-14)21-15-22-12(8-25-15)16(17,18)19/h2-8H,1H3,(H2,20,23)(H,21,22). The number of nitrogens with zero attached hydrogens (tertiary/aromatic N) is 2. The Balaban J connectivity index is 1.89. The van der Waals surface area contributed by atoms with Crippen LogP contribution in [0.2, 0.25) is 0 Å².